The summed E-state index contributed by atoms with van der Waals surface area (Å²) in [5, 5.41) is 6.58. The fourth-order valence-electron chi connectivity index (χ4n) is 5.39. The van der Waals surface area contributed by atoms with Crippen LogP contribution >= 0.6 is 11.6 Å². The van der Waals surface area contributed by atoms with E-state index in [1.54, 1.807) is 0 Å². The first-order chi connectivity index (χ1) is 19.0. The quantitative estimate of drug-likeness (QED) is 0.184. The number of halogens is 1. The van der Waals surface area contributed by atoms with Gasteiger partial charge in [-0.3, -0.25) is 0 Å². The van der Waals surface area contributed by atoms with E-state index in [9.17, 15) is 0 Å². The van der Waals surface area contributed by atoms with Gasteiger partial charge in [-0.1, -0.05) is 80.0 Å². The Hall–Kier alpha value is -3.41. The van der Waals surface area contributed by atoms with Gasteiger partial charge < -0.3 is 14.8 Å². The number of hydrogen-bond acceptors (Lipinski definition) is 4. The van der Waals surface area contributed by atoms with Gasteiger partial charge >= 0.3 is 0 Å². The molecule has 0 fully saturated rings. The fraction of sp³-hybridized carbons (Fsp3) is 0.333. The van der Waals surface area contributed by atoms with E-state index in [0.717, 1.165) is 82.8 Å². The summed E-state index contributed by atoms with van der Waals surface area (Å²) in [6.07, 6.45) is 4.38. The zero-order valence-electron chi connectivity index (χ0n) is 23.4. The van der Waals surface area contributed by atoms with Gasteiger partial charge in [0.15, 0.2) is 5.82 Å². The lowest BCUT2D eigenvalue weighted by molar-refractivity contribution is 0.295. The Balaban J connectivity index is 1.54. The minimum absolute atomic E-state index is 0.292. The molecule has 6 heteroatoms. The van der Waals surface area contributed by atoms with Crippen molar-refractivity contribution in [3.63, 3.8) is 0 Å². The van der Waals surface area contributed by atoms with E-state index in [4.69, 9.17) is 21.6 Å². The number of nitrogens with one attached hydrogen (secondary N) is 1. The van der Waals surface area contributed by atoms with Gasteiger partial charge in [0, 0.05) is 35.1 Å². The van der Waals surface area contributed by atoms with Crippen LogP contribution in [0.1, 0.15) is 44.7 Å². The van der Waals surface area contributed by atoms with Gasteiger partial charge in [-0.25, -0.2) is 9.97 Å². The van der Waals surface area contributed by atoms with Crippen molar-refractivity contribution >= 4 is 39.2 Å². The van der Waals surface area contributed by atoms with Crippen LogP contribution in [0, 0.1) is 6.92 Å². The lowest BCUT2D eigenvalue weighted by Crippen LogP contribution is -2.25. The second kappa shape index (κ2) is 12.2. The fourth-order valence-corrected chi connectivity index (χ4v) is 5.67. The third kappa shape index (κ3) is 5.95. The molecule has 0 aliphatic rings. The SMILES string of the molecule is CCN(CC)CCCC(C)Nc1nc(-c2cn(Cc3ccccc3)c3c(Cl)cccc23)nc2c(C)cccc12. The summed E-state index contributed by atoms with van der Waals surface area (Å²) in [5.41, 5.74) is 5.33. The Morgan fingerprint density at radius 1 is 0.923 bits per heavy atom. The molecule has 0 saturated carbocycles. The molecule has 1 atom stereocenters. The molecule has 0 bridgehead atoms. The second-order valence-electron chi connectivity index (χ2n) is 10.4. The molecule has 5 aromatic rings. The van der Waals surface area contributed by atoms with Crippen molar-refractivity contribution in [1.29, 1.82) is 0 Å². The number of para-hydroxylation sites is 2. The van der Waals surface area contributed by atoms with Crippen LogP contribution in [0.2, 0.25) is 5.02 Å². The first-order valence-electron chi connectivity index (χ1n) is 14.1. The smallest absolute Gasteiger partial charge is 0.164 e. The molecular formula is C33H38ClN5. The van der Waals surface area contributed by atoms with Gasteiger partial charge in [-0.2, -0.15) is 0 Å². The van der Waals surface area contributed by atoms with Crippen molar-refractivity contribution in [1.82, 2.24) is 19.4 Å². The Morgan fingerprint density at radius 2 is 1.67 bits per heavy atom. The van der Waals surface area contributed by atoms with Crippen LogP contribution in [0.3, 0.4) is 0 Å². The minimum Gasteiger partial charge on any atom is -0.367 e. The number of rotatable bonds is 11. The number of aryl methyl sites for hydroxylation is 1. The number of benzene rings is 3. The molecule has 0 saturated heterocycles. The van der Waals surface area contributed by atoms with E-state index < -0.39 is 0 Å². The maximum Gasteiger partial charge on any atom is 0.164 e. The summed E-state index contributed by atoms with van der Waals surface area (Å²) >= 11 is 6.76. The molecular weight excluding hydrogens is 502 g/mol. The van der Waals surface area contributed by atoms with Crippen molar-refractivity contribution < 1.29 is 0 Å². The Kier molecular flexibility index (Phi) is 8.49. The Morgan fingerprint density at radius 3 is 2.44 bits per heavy atom. The number of nitrogens with zero attached hydrogens (tertiary/aromatic N) is 4. The first kappa shape index (κ1) is 27.2. The number of fused-ring (bicyclic) bond motifs is 2. The van der Waals surface area contributed by atoms with Crippen LogP contribution in [0.15, 0.2) is 72.9 Å². The summed E-state index contributed by atoms with van der Waals surface area (Å²) in [6.45, 7) is 12.9. The summed E-state index contributed by atoms with van der Waals surface area (Å²) in [5.74, 6) is 1.61. The molecule has 1 unspecified atom stereocenters. The maximum absolute atomic E-state index is 6.76. The number of aromatic nitrogens is 3. The highest BCUT2D eigenvalue weighted by molar-refractivity contribution is 6.35. The molecule has 202 valence electrons. The van der Waals surface area contributed by atoms with Crippen molar-refractivity contribution in [2.45, 2.75) is 53.1 Å². The van der Waals surface area contributed by atoms with E-state index in [2.05, 4.69) is 97.2 Å². The summed E-state index contributed by atoms with van der Waals surface area (Å²) < 4.78 is 2.22. The molecule has 0 amide bonds. The highest BCUT2D eigenvalue weighted by Crippen LogP contribution is 2.36. The normalized spacial score (nSPS) is 12.5. The van der Waals surface area contributed by atoms with E-state index in [-0.39, 0.29) is 0 Å². The largest absolute Gasteiger partial charge is 0.367 e. The predicted octanol–water partition coefficient (Wildman–Crippen LogP) is 8.18. The minimum atomic E-state index is 0.292. The molecule has 5 nitrogen and oxygen atoms in total. The van der Waals surface area contributed by atoms with Gasteiger partial charge in [-0.05, 0) is 69.6 Å². The van der Waals surface area contributed by atoms with E-state index >= 15 is 0 Å². The van der Waals surface area contributed by atoms with Gasteiger partial charge in [0.2, 0.25) is 0 Å². The van der Waals surface area contributed by atoms with Crippen LogP contribution in [0.25, 0.3) is 33.2 Å². The molecule has 3 aromatic carbocycles. The average molecular weight is 540 g/mol. The molecule has 2 heterocycles. The molecule has 0 aliphatic carbocycles. The van der Waals surface area contributed by atoms with E-state index in [1.165, 1.54) is 5.56 Å². The predicted molar refractivity (Wildman–Crippen MR) is 166 cm³/mol. The van der Waals surface area contributed by atoms with Crippen molar-refractivity contribution in [3.8, 4) is 11.4 Å². The lowest BCUT2D eigenvalue weighted by atomic mass is 10.1. The highest BCUT2D eigenvalue weighted by atomic mass is 35.5. The van der Waals surface area contributed by atoms with Crippen LogP contribution in [-0.4, -0.2) is 45.1 Å². The van der Waals surface area contributed by atoms with Gasteiger partial charge in [0.1, 0.15) is 5.82 Å². The average Bonchev–Trinajstić information content (AvgIpc) is 3.31. The van der Waals surface area contributed by atoms with Gasteiger partial charge in [-0.15, -0.1) is 0 Å². The van der Waals surface area contributed by atoms with E-state index in [0.29, 0.717) is 11.9 Å². The number of hydrogen-bond donors (Lipinski definition) is 1. The second-order valence-corrected chi connectivity index (χ2v) is 10.8. The van der Waals surface area contributed by atoms with Crippen LogP contribution in [0.4, 0.5) is 5.82 Å². The summed E-state index contributed by atoms with van der Waals surface area (Å²) in [4.78, 5) is 12.7. The van der Waals surface area contributed by atoms with Crippen LogP contribution < -0.4 is 5.32 Å². The summed E-state index contributed by atoms with van der Waals surface area (Å²) in [7, 11) is 0. The topological polar surface area (TPSA) is 46.0 Å². The van der Waals surface area contributed by atoms with Crippen molar-refractivity contribution in [2.24, 2.45) is 0 Å². The molecule has 0 aliphatic heterocycles. The molecule has 1 N–H and O–H groups in total. The van der Waals surface area contributed by atoms with Crippen LogP contribution in [-0.2, 0) is 6.54 Å². The lowest BCUT2D eigenvalue weighted by Gasteiger charge is -2.21. The van der Waals surface area contributed by atoms with Crippen molar-refractivity contribution in [2.75, 3.05) is 25.0 Å². The molecule has 39 heavy (non-hydrogen) atoms. The molecule has 2 aromatic heterocycles. The molecule has 0 radical (unpaired) electrons. The van der Waals surface area contributed by atoms with Gasteiger partial charge in [0.05, 0.1) is 16.1 Å². The third-order valence-electron chi connectivity index (χ3n) is 7.60. The van der Waals surface area contributed by atoms with E-state index in [1.807, 2.05) is 18.2 Å². The van der Waals surface area contributed by atoms with Crippen LogP contribution in [0.5, 0.6) is 0 Å². The van der Waals surface area contributed by atoms with Crippen molar-refractivity contribution in [3.05, 3.63) is 89.1 Å². The van der Waals surface area contributed by atoms with Gasteiger partial charge in [0.25, 0.3) is 0 Å². The zero-order valence-corrected chi connectivity index (χ0v) is 24.2. The molecule has 5 rings (SSSR count). The number of anilines is 1. The Labute approximate surface area is 236 Å². The monoisotopic (exact) mass is 539 g/mol. The third-order valence-corrected chi connectivity index (χ3v) is 7.91. The highest BCUT2D eigenvalue weighted by Gasteiger charge is 2.19. The maximum atomic E-state index is 6.76. The molecule has 0 spiro atoms. The summed E-state index contributed by atoms with van der Waals surface area (Å²) in [6, 6.07) is 23.1. The first-order valence-corrected chi connectivity index (χ1v) is 14.4. The standard InChI is InChI=1S/C33H38ClN5/c1-5-38(6-2)20-12-14-24(4)35-32-27-18-10-13-23(3)30(27)36-33(37-32)28-22-39(21-25-15-8-7-9-16-25)31-26(28)17-11-19-29(31)34/h7-11,13,15-19,22,24H,5-6,12,14,20-21H2,1-4H3,(H,35,36,37). The Bertz CT molecular complexity index is 1560. The zero-order chi connectivity index (χ0) is 27.4.